The first kappa shape index (κ1) is 19.5. The number of methoxy groups -OCH3 is 1. The minimum atomic E-state index is -0.573. The van der Waals surface area contributed by atoms with E-state index in [1.807, 2.05) is 92.0 Å². The maximum atomic E-state index is 13.8. The zero-order valence-corrected chi connectivity index (χ0v) is 16.9. The molecule has 1 aromatic heterocycles. The molecular formula is C25H23N3O2. The molecule has 1 atom stereocenters. The van der Waals surface area contributed by atoms with E-state index >= 15 is 0 Å². The van der Waals surface area contributed by atoms with Gasteiger partial charge in [-0.15, -0.1) is 0 Å². The molecule has 0 aliphatic rings. The van der Waals surface area contributed by atoms with Gasteiger partial charge in [0.25, 0.3) is 0 Å². The number of benzene rings is 3. The zero-order valence-electron chi connectivity index (χ0n) is 16.9. The molecule has 0 aliphatic carbocycles. The molecule has 5 heteroatoms. The van der Waals surface area contributed by atoms with Crippen molar-refractivity contribution in [2.24, 2.45) is 7.05 Å². The van der Waals surface area contributed by atoms with Gasteiger partial charge in [-0.3, -0.25) is 4.79 Å². The third kappa shape index (κ3) is 3.96. The van der Waals surface area contributed by atoms with Crippen molar-refractivity contribution in [2.45, 2.75) is 6.04 Å². The first-order valence-corrected chi connectivity index (χ1v) is 9.74. The first-order chi connectivity index (χ1) is 14.7. The number of nitrogens with zero attached hydrogens (tertiary/aromatic N) is 2. The van der Waals surface area contributed by atoms with Gasteiger partial charge in [-0.2, -0.15) is 0 Å². The lowest BCUT2D eigenvalue weighted by molar-refractivity contribution is 0.0962. The van der Waals surface area contributed by atoms with Crippen molar-refractivity contribution < 1.29 is 9.53 Å². The number of Topliss-reactive ketones (excluding diaryl/α,β-unsaturated/α-hetero) is 1. The highest BCUT2D eigenvalue weighted by Crippen LogP contribution is 2.30. The topological polar surface area (TPSA) is 56.1 Å². The van der Waals surface area contributed by atoms with E-state index in [0.717, 1.165) is 22.6 Å². The summed E-state index contributed by atoms with van der Waals surface area (Å²) >= 11 is 0. The van der Waals surface area contributed by atoms with Crippen LogP contribution in [0.5, 0.6) is 5.75 Å². The molecule has 1 N–H and O–H groups in total. The molecule has 4 rings (SSSR count). The second-order valence-corrected chi connectivity index (χ2v) is 7.00. The Labute approximate surface area is 176 Å². The number of aryl methyl sites for hydroxylation is 1. The van der Waals surface area contributed by atoms with E-state index in [-0.39, 0.29) is 5.78 Å². The highest BCUT2D eigenvalue weighted by molar-refractivity contribution is 6.05. The van der Waals surface area contributed by atoms with Gasteiger partial charge in [0.2, 0.25) is 5.78 Å². The normalized spacial score (nSPS) is 11.7. The highest BCUT2D eigenvalue weighted by Gasteiger charge is 2.28. The van der Waals surface area contributed by atoms with Crippen LogP contribution in [0.15, 0.2) is 91.3 Å². The molecule has 5 nitrogen and oxygen atoms in total. The summed E-state index contributed by atoms with van der Waals surface area (Å²) in [6, 6.07) is 26.5. The van der Waals surface area contributed by atoms with Gasteiger partial charge in [-0.25, -0.2) is 4.98 Å². The molecule has 1 unspecified atom stereocenters. The van der Waals surface area contributed by atoms with Gasteiger partial charge in [-0.1, -0.05) is 66.7 Å². The molecule has 150 valence electrons. The van der Waals surface area contributed by atoms with Gasteiger partial charge in [0.15, 0.2) is 0 Å². The van der Waals surface area contributed by atoms with Crippen molar-refractivity contribution in [3.05, 3.63) is 103 Å². The summed E-state index contributed by atoms with van der Waals surface area (Å²) < 4.78 is 7.12. The van der Waals surface area contributed by atoms with Crippen LogP contribution >= 0.6 is 0 Å². The summed E-state index contributed by atoms with van der Waals surface area (Å²) in [5, 5.41) is 3.39. The summed E-state index contributed by atoms with van der Waals surface area (Å²) in [5.74, 6) is 0.674. The highest BCUT2D eigenvalue weighted by atomic mass is 16.5. The number of ether oxygens (including phenoxy) is 1. The molecule has 0 radical (unpaired) electrons. The smallest absolute Gasteiger partial charge is 0.208 e. The van der Waals surface area contributed by atoms with Crippen LogP contribution in [0.2, 0.25) is 0 Å². The van der Waals surface area contributed by atoms with E-state index in [4.69, 9.17) is 4.74 Å². The minimum absolute atomic E-state index is 0.0529. The molecule has 0 amide bonds. The lowest BCUT2D eigenvalue weighted by atomic mass is 9.97. The van der Waals surface area contributed by atoms with E-state index in [0.29, 0.717) is 11.4 Å². The fourth-order valence-corrected chi connectivity index (χ4v) is 3.49. The van der Waals surface area contributed by atoms with Crippen molar-refractivity contribution in [3.63, 3.8) is 0 Å². The Hall–Kier alpha value is -3.86. The van der Waals surface area contributed by atoms with Crippen molar-refractivity contribution in [1.29, 1.82) is 0 Å². The molecule has 3 aromatic carbocycles. The average Bonchev–Trinajstić information content (AvgIpc) is 3.19. The van der Waals surface area contributed by atoms with Crippen molar-refractivity contribution in [1.82, 2.24) is 9.55 Å². The number of nitrogens with one attached hydrogen (secondary N) is 1. The standard InChI is InChI=1S/C25H23N3O2/c1-28-17-26-22(18-10-5-3-6-11-18)24(28)25(29)23(19-12-7-4-8-13-19)27-20-14-9-15-21(16-20)30-2/h3-17,23,27H,1-2H3. The van der Waals surface area contributed by atoms with E-state index in [1.165, 1.54) is 0 Å². The predicted molar refractivity (Wildman–Crippen MR) is 119 cm³/mol. The van der Waals surface area contributed by atoms with Crippen LogP contribution in [0.3, 0.4) is 0 Å². The molecule has 0 saturated carbocycles. The number of rotatable bonds is 7. The monoisotopic (exact) mass is 397 g/mol. The van der Waals surface area contributed by atoms with Crippen molar-refractivity contribution in [3.8, 4) is 17.0 Å². The largest absolute Gasteiger partial charge is 0.497 e. The van der Waals surface area contributed by atoms with Crippen molar-refractivity contribution >= 4 is 11.5 Å². The van der Waals surface area contributed by atoms with Gasteiger partial charge in [0.1, 0.15) is 17.5 Å². The van der Waals surface area contributed by atoms with Gasteiger partial charge < -0.3 is 14.6 Å². The second-order valence-electron chi connectivity index (χ2n) is 7.00. The SMILES string of the molecule is COc1cccc(NC(C(=O)c2c(-c3ccccc3)ncn2C)c2ccccc2)c1. The van der Waals surface area contributed by atoms with E-state index in [9.17, 15) is 4.79 Å². The molecule has 0 spiro atoms. The predicted octanol–water partition coefficient (Wildman–Crippen LogP) is 5.13. The van der Waals surface area contributed by atoms with Crippen LogP contribution in [-0.4, -0.2) is 22.4 Å². The van der Waals surface area contributed by atoms with Crippen LogP contribution in [0, 0.1) is 0 Å². The fraction of sp³-hybridized carbons (Fsp3) is 0.120. The van der Waals surface area contributed by atoms with Crippen molar-refractivity contribution in [2.75, 3.05) is 12.4 Å². The summed E-state index contributed by atoms with van der Waals surface area (Å²) in [4.78, 5) is 18.3. The number of ketones is 1. The van der Waals surface area contributed by atoms with Crippen LogP contribution < -0.4 is 10.1 Å². The number of hydrogen-bond acceptors (Lipinski definition) is 4. The average molecular weight is 397 g/mol. The maximum Gasteiger partial charge on any atom is 0.208 e. The summed E-state index contributed by atoms with van der Waals surface area (Å²) in [6.45, 7) is 0. The molecule has 0 saturated heterocycles. The Morgan fingerprint density at radius 2 is 1.67 bits per heavy atom. The molecule has 0 bridgehead atoms. The molecule has 30 heavy (non-hydrogen) atoms. The fourth-order valence-electron chi connectivity index (χ4n) is 3.49. The van der Waals surface area contributed by atoms with Gasteiger partial charge in [0.05, 0.1) is 19.1 Å². The number of carbonyl (C=O) groups is 1. The Bertz CT molecular complexity index is 1140. The van der Waals surface area contributed by atoms with E-state index < -0.39 is 6.04 Å². The van der Waals surface area contributed by atoms with Gasteiger partial charge in [-0.05, 0) is 17.7 Å². The van der Waals surface area contributed by atoms with E-state index in [1.54, 1.807) is 18.0 Å². The summed E-state index contributed by atoms with van der Waals surface area (Å²) in [6.07, 6.45) is 1.68. The Balaban J connectivity index is 1.77. The Morgan fingerprint density at radius 1 is 0.967 bits per heavy atom. The van der Waals surface area contributed by atoms with Crippen LogP contribution in [0.25, 0.3) is 11.3 Å². The molecule has 4 aromatic rings. The lowest BCUT2D eigenvalue weighted by Crippen LogP contribution is -2.23. The Kier molecular flexibility index (Phi) is 5.61. The Morgan fingerprint density at radius 3 is 2.37 bits per heavy atom. The number of anilines is 1. The van der Waals surface area contributed by atoms with E-state index in [2.05, 4.69) is 10.3 Å². The van der Waals surface area contributed by atoms with Crippen LogP contribution in [0.4, 0.5) is 5.69 Å². The number of hydrogen-bond donors (Lipinski definition) is 1. The number of imidazole rings is 1. The third-order valence-corrected chi connectivity index (χ3v) is 4.99. The van der Waals surface area contributed by atoms with Gasteiger partial charge in [0, 0.05) is 24.4 Å². The zero-order chi connectivity index (χ0) is 20.9. The number of aromatic nitrogens is 2. The number of carbonyl (C=O) groups excluding carboxylic acids is 1. The molecular weight excluding hydrogens is 374 g/mol. The first-order valence-electron chi connectivity index (χ1n) is 9.74. The van der Waals surface area contributed by atoms with Crippen LogP contribution in [0.1, 0.15) is 22.1 Å². The summed E-state index contributed by atoms with van der Waals surface area (Å²) in [5.41, 5.74) is 3.84. The maximum absolute atomic E-state index is 13.8. The van der Waals surface area contributed by atoms with Crippen LogP contribution in [-0.2, 0) is 7.05 Å². The van der Waals surface area contributed by atoms with Gasteiger partial charge >= 0.3 is 0 Å². The minimum Gasteiger partial charge on any atom is -0.497 e. The quantitative estimate of drug-likeness (QED) is 0.439. The molecule has 0 fully saturated rings. The third-order valence-electron chi connectivity index (χ3n) is 4.99. The molecule has 1 heterocycles. The second kappa shape index (κ2) is 8.66. The lowest BCUT2D eigenvalue weighted by Gasteiger charge is -2.20. The molecule has 0 aliphatic heterocycles. The summed E-state index contributed by atoms with van der Waals surface area (Å²) in [7, 11) is 3.47.